The molecule has 0 aliphatic carbocycles. The molecule has 2 N–H and O–H groups in total. The van der Waals surface area contributed by atoms with Crippen LogP contribution in [0.5, 0.6) is 5.75 Å². The first-order chi connectivity index (χ1) is 8.72. The molecule has 1 aromatic carbocycles. The van der Waals surface area contributed by atoms with Crippen LogP contribution < -0.4 is 10.5 Å². The second-order valence-corrected chi connectivity index (χ2v) is 4.09. The fourth-order valence-corrected chi connectivity index (χ4v) is 1.90. The molecule has 0 saturated carbocycles. The highest BCUT2D eigenvalue weighted by molar-refractivity contribution is 5.95. The van der Waals surface area contributed by atoms with Crippen LogP contribution in [-0.2, 0) is 4.74 Å². The maximum Gasteiger partial charge on any atom is 0.254 e. The molecule has 2 rings (SSSR count). The Bertz CT molecular complexity index is 428. The van der Waals surface area contributed by atoms with Gasteiger partial charge in [-0.25, -0.2) is 0 Å². The van der Waals surface area contributed by atoms with E-state index in [0.717, 1.165) is 0 Å². The van der Waals surface area contributed by atoms with Gasteiger partial charge >= 0.3 is 0 Å². The van der Waals surface area contributed by atoms with E-state index in [1.807, 2.05) is 6.92 Å². The number of amides is 1. The Morgan fingerprint density at radius 3 is 2.83 bits per heavy atom. The topological polar surface area (TPSA) is 64.8 Å². The van der Waals surface area contributed by atoms with Crippen molar-refractivity contribution in [1.82, 2.24) is 4.90 Å². The minimum Gasteiger partial charge on any atom is -0.492 e. The standard InChI is InChI=1S/C13H18N2O3/c1-2-18-12-9-10(3-4-11(12)14)13(16)15-5-7-17-8-6-15/h3-4,9H,2,5-8,14H2,1H3. The van der Waals surface area contributed by atoms with E-state index in [0.29, 0.717) is 49.9 Å². The summed E-state index contributed by atoms with van der Waals surface area (Å²) in [5, 5.41) is 0. The smallest absolute Gasteiger partial charge is 0.254 e. The molecule has 5 nitrogen and oxygen atoms in total. The van der Waals surface area contributed by atoms with Gasteiger partial charge in [0.2, 0.25) is 0 Å². The molecule has 98 valence electrons. The minimum absolute atomic E-state index is 0.000692. The lowest BCUT2D eigenvalue weighted by Gasteiger charge is -2.27. The monoisotopic (exact) mass is 250 g/mol. The van der Waals surface area contributed by atoms with Crippen LogP contribution in [0.3, 0.4) is 0 Å². The summed E-state index contributed by atoms with van der Waals surface area (Å²) in [6, 6.07) is 5.14. The van der Waals surface area contributed by atoms with Gasteiger partial charge in [-0.1, -0.05) is 0 Å². The highest BCUT2D eigenvalue weighted by atomic mass is 16.5. The number of ether oxygens (including phenoxy) is 2. The van der Waals surface area contributed by atoms with Crippen molar-refractivity contribution < 1.29 is 14.3 Å². The Hall–Kier alpha value is -1.75. The lowest BCUT2D eigenvalue weighted by Crippen LogP contribution is -2.40. The maximum absolute atomic E-state index is 12.2. The molecule has 1 heterocycles. The van der Waals surface area contributed by atoms with E-state index in [-0.39, 0.29) is 5.91 Å². The zero-order valence-corrected chi connectivity index (χ0v) is 10.5. The van der Waals surface area contributed by atoms with Gasteiger partial charge in [-0.2, -0.15) is 0 Å². The molecular weight excluding hydrogens is 232 g/mol. The number of carbonyl (C=O) groups is 1. The zero-order chi connectivity index (χ0) is 13.0. The summed E-state index contributed by atoms with van der Waals surface area (Å²) in [5.74, 6) is 0.566. The largest absolute Gasteiger partial charge is 0.492 e. The van der Waals surface area contributed by atoms with E-state index in [9.17, 15) is 4.79 Å². The van der Waals surface area contributed by atoms with E-state index < -0.39 is 0 Å². The number of hydrogen-bond acceptors (Lipinski definition) is 4. The van der Waals surface area contributed by atoms with Crippen LogP contribution in [0.15, 0.2) is 18.2 Å². The Labute approximate surface area is 106 Å². The van der Waals surface area contributed by atoms with Gasteiger partial charge < -0.3 is 20.1 Å². The van der Waals surface area contributed by atoms with Crippen molar-refractivity contribution in [1.29, 1.82) is 0 Å². The van der Waals surface area contributed by atoms with Crippen molar-refractivity contribution >= 4 is 11.6 Å². The van der Waals surface area contributed by atoms with Crippen LogP contribution in [0.1, 0.15) is 17.3 Å². The number of morpholine rings is 1. The molecule has 0 unspecified atom stereocenters. The molecule has 0 spiro atoms. The van der Waals surface area contributed by atoms with Gasteiger partial charge in [0.15, 0.2) is 0 Å². The van der Waals surface area contributed by atoms with Crippen LogP contribution >= 0.6 is 0 Å². The Kier molecular flexibility index (Phi) is 4.04. The maximum atomic E-state index is 12.2. The number of nitrogens with two attached hydrogens (primary N) is 1. The van der Waals surface area contributed by atoms with Gasteiger partial charge in [-0.05, 0) is 25.1 Å². The first-order valence-electron chi connectivity index (χ1n) is 6.11. The molecule has 0 aromatic heterocycles. The highest BCUT2D eigenvalue weighted by Gasteiger charge is 2.19. The molecule has 0 radical (unpaired) electrons. The molecule has 1 aromatic rings. The molecule has 0 bridgehead atoms. The van der Waals surface area contributed by atoms with Crippen LogP contribution in [0.25, 0.3) is 0 Å². The number of nitrogen functional groups attached to an aromatic ring is 1. The summed E-state index contributed by atoms with van der Waals surface area (Å²) < 4.78 is 10.6. The van der Waals surface area contributed by atoms with Crippen LogP contribution in [-0.4, -0.2) is 43.7 Å². The second-order valence-electron chi connectivity index (χ2n) is 4.09. The van der Waals surface area contributed by atoms with Crippen molar-refractivity contribution in [3.8, 4) is 5.75 Å². The third-order valence-corrected chi connectivity index (χ3v) is 2.86. The number of anilines is 1. The van der Waals surface area contributed by atoms with E-state index in [1.54, 1.807) is 23.1 Å². The van der Waals surface area contributed by atoms with Gasteiger partial charge in [-0.3, -0.25) is 4.79 Å². The molecule has 1 aliphatic heterocycles. The van der Waals surface area contributed by atoms with Gasteiger partial charge in [0.1, 0.15) is 5.75 Å². The molecule has 18 heavy (non-hydrogen) atoms. The van der Waals surface area contributed by atoms with Crippen LogP contribution in [0.2, 0.25) is 0 Å². The summed E-state index contributed by atoms with van der Waals surface area (Å²) >= 11 is 0. The summed E-state index contributed by atoms with van der Waals surface area (Å²) in [5.41, 5.74) is 6.94. The van der Waals surface area contributed by atoms with Crippen molar-refractivity contribution in [2.24, 2.45) is 0 Å². The highest BCUT2D eigenvalue weighted by Crippen LogP contribution is 2.23. The molecule has 1 amide bonds. The molecule has 5 heteroatoms. The third-order valence-electron chi connectivity index (χ3n) is 2.86. The number of benzene rings is 1. The van der Waals surface area contributed by atoms with Crippen molar-refractivity contribution in [3.05, 3.63) is 23.8 Å². The quantitative estimate of drug-likeness (QED) is 0.817. The predicted octanol–water partition coefficient (Wildman–Crippen LogP) is 1.14. The number of rotatable bonds is 3. The van der Waals surface area contributed by atoms with Crippen molar-refractivity contribution in [2.45, 2.75) is 6.92 Å². The average Bonchev–Trinajstić information content (AvgIpc) is 2.42. The van der Waals surface area contributed by atoms with Crippen LogP contribution in [0, 0.1) is 0 Å². The van der Waals surface area contributed by atoms with E-state index in [1.165, 1.54) is 0 Å². The SMILES string of the molecule is CCOc1cc(C(=O)N2CCOCC2)ccc1N. The van der Waals surface area contributed by atoms with E-state index in [4.69, 9.17) is 15.2 Å². The van der Waals surface area contributed by atoms with Crippen molar-refractivity contribution in [3.63, 3.8) is 0 Å². The van der Waals surface area contributed by atoms with Crippen LogP contribution in [0.4, 0.5) is 5.69 Å². The van der Waals surface area contributed by atoms with Gasteiger partial charge in [0.05, 0.1) is 25.5 Å². The number of carbonyl (C=O) groups excluding carboxylic acids is 1. The summed E-state index contributed by atoms with van der Waals surface area (Å²) in [4.78, 5) is 14.0. The molecule has 1 saturated heterocycles. The number of nitrogens with zero attached hydrogens (tertiary/aromatic N) is 1. The van der Waals surface area contributed by atoms with E-state index >= 15 is 0 Å². The Balaban J connectivity index is 2.16. The number of hydrogen-bond donors (Lipinski definition) is 1. The molecular formula is C13H18N2O3. The Morgan fingerprint density at radius 1 is 1.44 bits per heavy atom. The first-order valence-corrected chi connectivity index (χ1v) is 6.11. The summed E-state index contributed by atoms with van der Waals surface area (Å²) in [7, 11) is 0. The lowest BCUT2D eigenvalue weighted by atomic mass is 10.1. The molecule has 0 atom stereocenters. The Morgan fingerprint density at radius 2 is 2.17 bits per heavy atom. The molecule has 1 aliphatic rings. The average molecular weight is 250 g/mol. The normalized spacial score (nSPS) is 15.5. The fraction of sp³-hybridized carbons (Fsp3) is 0.462. The summed E-state index contributed by atoms with van der Waals surface area (Å²) in [6.45, 7) is 4.87. The zero-order valence-electron chi connectivity index (χ0n) is 10.5. The van der Waals surface area contributed by atoms with E-state index in [2.05, 4.69) is 0 Å². The molecule has 1 fully saturated rings. The second kappa shape index (κ2) is 5.73. The first kappa shape index (κ1) is 12.7. The van der Waals surface area contributed by atoms with Gasteiger partial charge in [0.25, 0.3) is 5.91 Å². The van der Waals surface area contributed by atoms with Gasteiger partial charge in [-0.15, -0.1) is 0 Å². The lowest BCUT2D eigenvalue weighted by molar-refractivity contribution is 0.0302. The van der Waals surface area contributed by atoms with Gasteiger partial charge in [0, 0.05) is 18.7 Å². The predicted molar refractivity (Wildman–Crippen MR) is 68.7 cm³/mol. The van der Waals surface area contributed by atoms with Crippen molar-refractivity contribution in [2.75, 3.05) is 38.6 Å². The third kappa shape index (κ3) is 2.73. The minimum atomic E-state index is -0.000692. The fourth-order valence-electron chi connectivity index (χ4n) is 1.90. The summed E-state index contributed by atoms with van der Waals surface area (Å²) in [6.07, 6.45) is 0.